The first-order valence-corrected chi connectivity index (χ1v) is 6.04. The van der Waals surface area contributed by atoms with Gasteiger partial charge in [-0.25, -0.2) is 4.79 Å². The molecular weight excluding hydrogens is 338 g/mol. The van der Waals surface area contributed by atoms with Gasteiger partial charge in [0.15, 0.2) is 0 Å². The number of nitrogens with zero attached hydrogens (tertiary/aromatic N) is 1. The van der Waals surface area contributed by atoms with Crippen LogP contribution in [0.15, 0.2) is 33.3 Å². The number of hydrogen-bond acceptors (Lipinski definition) is 3. The van der Waals surface area contributed by atoms with Crippen LogP contribution in [0.4, 0.5) is 0 Å². The van der Waals surface area contributed by atoms with E-state index in [0.717, 1.165) is 19.8 Å². The minimum absolute atomic E-state index is 0.363. The van der Waals surface area contributed by atoms with Gasteiger partial charge < -0.3 is 4.74 Å². The van der Waals surface area contributed by atoms with Crippen molar-refractivity contribution >= 4 is 48.7 Å². The fraction of sp³-hybridized carbons (Fsp3) is 0.0909. The molecule has 82 valence electrons. The van der Waals surface area contributed by atoms with Gasteiger partial charge in [-0.05, 0) is 34.1 Å². The number of esters is 1. The zero-order chi connectivity index (χ0) is 11.7. The number of carbonyl (C=O) groups is 1. The number of hydrogen-bond donors (Lipinski definition) is 0. The molecule has 0 saturated carbocycles. The number of ether oxygens (including phenoxy) is 1. The van der Waals surface area contributed by atoms with E-state index in [1.807, 2.05) is 6.07 Å². The van der Waals surface area contributed by atoms with Crippen molar-refractivity contribution in [2.75, 3.05) is 7.11 Å². The molecule has 5 heteroatoms. The van der Waals surface area contributed by atoms with Crippen molar-refractivity contribution < 1.29 is 9.53 Å². The summed E-state index contributed by atoms with van der Waals surface area (Å²) in [7, 11) is 1.36. The Kier molecular flexibility index (Phi) is 3.25. The van der Waals surface area contributed by atoms with Crippen LogP contribution in [-0.2, 0) is 4.74 Å². The Morgan fingerprint density at radius 2 is 2.06 bits per heavy atom. The van der Waals surface area contributed by atoms with E-state index in [9.17, 15) is 4.79 Å². The van der Waals surface area contributed by atoms with Crippen molar-refractivity contribution in [2.24, 2.45) is 0 Å². The number of halogens is 2. The summed E-state index contributed by atoms with van der Waals surface area (Å²) >= 11 is 6.81. The third kappa shape index (κ3) is 1.97. The Morgan fingerprint density at radius 3 is 2.75 bits per heavy atom. The first-order valence-electron chi connectivity index (χ1n) is 4.45. The Labute approximate surface area is 109 Å². The first kappa shape index (κ1) is 11.5. The quantitative estimate of drug-likeness (QED) is 0.743. The molecule has 0 unspecified atom stereocenters. The molecule has 0 N–H and O–H groups in total. The average molecular weight is 345 g/mol. The van der Waals surface area contributed by atoms with E-state index in [0.29, 0.717) is 5.56 Å². The van der Waals surface area contributed by atoms with E-state index in [-0.39, 0.29) is 5.97 Å². The summed E-state index contributed by atoms with van der Waals surface area (Å²) in [5.74, 6) is -0.363. The van der Waals surface area contributed by atoms with E-state index in [1.165, 1.54) is 7.11 Å². The highest BCUT2D eigenvalue weighted by molar-refractivity contribution is 9.11. The number of aromatic nitrogens is 1. The molecule has 2 aromatic rings. The lowest BCUT2D eigenvalue weighted by Gasteiger charge is -2.05. The molecule has 0 bridgehead atoms. The van der Waals surface area contributed by atoms with Gasteiger partial charge in [-0.2, -0.15) is 0 Å². The Balaban J connectivity index is 2.75. The Morgan fingerprint density at radius 1 is 1.31 bits per heavy atom. The van der Waals surface area contributed by atoms with Crippen LogP contribution in [0.3, 0.4) is 0 Å². The highest BCUT2D eigenvalue weighted by atomic mass is 79.9. The maximum atomic E-state index is 11.4. The highest BCUT2D eigenvalue weighted by Gasteiger charge is 2.11. The van der Waals surface area contributed by atoms with E-state index >= 15 is 0 Å². The van der Waals surface area contributed by atoms with Gasteiger partial charge in [0, 0.05) is 20.5 Å². The molecule has 0 aliphatic carbocycles. The molecule has 0 saturated heterocycles. The summed E-state index contributed by atoms with van der Waals surface area (Å²) < 4.78 is 6.35. The largest absolute Gasteiger partial charge is 0.465 e. The number of fused-ring (bicyclic) bond motifs is 1. The van der Waals surface area contributed by atoms with Crippen LogP contribution in [0.25, 0.3) is 10.9 Å². The van der Waals surface area contributed by atoms with Crippen LogP contribution in [0.2, 0.25) is 0 Å². The van der Waals surface area contributed by atoms with Crippen molar-refractivity contribution in [3.8, 4) is 0 Å². The minimum Gasteiger partial charge on any atom is -0.465 e. The number of methoxy groups -OCH3 is 1. The molecule has 1 aromatic carbocycles. The average Bonchev–Trinajstić information content (AvgIpc) is 2.29. The van der Waals surface area contributed by atoms with Crippen LogP contribution in [-0.4, -0.2) is 18.1 Å². The monoisotopic (exact) mass is 343 g/mol. The van der Waals surface area contributed by atoms with E-state index < -0.39 is 0 Å². The molecule has 2 rings (SSSR count). The summed E-state index contributed by atoms with van der Waals surface area (Å²) in [4.78, 5) is 15.7. The van der Waals surface area contributed by atoms with Crippen LogP contribution in [0.5, 0.6) is 0 Å². The standard InChI is InChI=1S/C11H7Br2NO2/c1-16-11(15)6-4-7-8(12)2-3-14-10(7)9(13)5-6/h2-5H,1H3. The van der Waals surface area contributed by atoms with Crippen molar-refractivity contribution in [1.29, 1.82) is 0 Å². The van der Waals surface area contributed by atoms with Gasteiger partial charge in [0.2, 0.25) is 0 Å². The van der Waals surface area contributed by atoms with Gasteiger partial charge in [-0.15, -0.1) is 0 Å². The maximum Gasteiger partial charge on any atom is 0.337 e. The SMILES string of the molecule is COC(=O)c1cc(Br)c2nccc(Br)c2c1. The molecule has 0 fully saturated rings. The van der Waals surface area contributed by atoms with Gasteiger partial charge in [0.05, 0.1) is 18.2 Å². The maximum absolute atomic E-state index is 11.4. The van der Waals surface area contributed by atoms with Gasteiger partial charge in [-0.3, -0.25) is 4.98 Å². The van der Waals surface area contributed by atoms with Gasteiger partial charge in [-0.1, -0.05) is 15.9 Å². The van der Waals surface area contributed by atoms with Crippen LogP contribution >= 0.6 is 31.9 Å². The van der Waals surface area contributed by atoms with E-state index in [2.05, 4.69) is 41.6 Å². The lowest BCUT2D eigenvalue weighted by atomic mass is 10.1. The number of benzene rings is 1. The summed E-state index contributed by atoms with van der Waals surface area (Å²) in [5.41, 5.74) is 1.30. The van der Waals surface area contributed by atoms with Crippen LogP contribution in [0.1, 0.15) is 10.4 Å². The normalized spacial score (nSPS) is 10.4. The number of pyridine rings is 1. The Hall–Kier alpha value is -0.940. The molecule has 0 atom stereocenters. The minimum atomic E-state index is -0.363. The third-order valence-electron chi connectivity index (χ3n) is 2.17. The second kappa shape index (κ2) is 4.51. The highest BCUT2D eigenvalue weighted by Crippen LogP contribution is 2.29. The number of rotatable bonds is 1. The zero-order valence-electron chi connectivity index (χ0n) is 8.33. The molecular formula is C11H7Br2NO2. The van der Waals surface area contributed by atoms with Crippen molar-refractivity contribution in [3.05, 3.63) is 38.9 Å². The van der Waals surface area contributed by atoms with Crippen LogP contribution < -0.4 is 0 Å². The molecule has 16 heavy (non-hydrogen) atoms. The molecule has 0 radical (unpaired) electrons. The summed E-state index contributed by atoms with van der Waals surface area (Å²) in [5, 5.41) is 0.872. The molecule has 1 heterocycles. The second-order valence-electron chi connectivity index (χ2n) is 3.14. The van der Waals surface area contributed by atoms with Gasteiger partial charge >= 0.3 is 5.97 Å². The Bertz CT molecular complexity index is 569. The third-order valence-corrected chi connectivity index (χ3v) is 3.46. The predicted octanol–water partition coefficient (Wildman–Crippen LogP) is 3.55. The molecule has 1 aromatic heterocycles. The molecule has 0 aliphatic heterocycles. The van der Waals surface area contributed by atoms with E-state index in [1.54, 1.807) is 18.3 Å². The van der Waals surface area contributed by atoms with E-state index in [4.69, 9.17) is 0 Å². The smallest absolute Gasteiger partial charge is 0.337 e. The summed E-state index contributed by atoms with van der Waals surface area (Å²) in [6.07, 6.45) is 1.70. The molecule has 0 amide bonds. The predicted molar refractivity (Wildman–Crippen MR) is 68.5 cm³/mol. The zero-order valence-corrected chi connectivity index (χ0v) is 11.5. The van der Waals surface area contributed by atoms with Crippen molar-refractivity contribution in [3.63, 3.8) is 0 Å². The molecule has 0 aliphatic rings. The van der Waals surface area contributed by atoms with Crippen LogP contribution in [0, 0.1) is 0 Å². The first-order chi connectivity index (χ1) is 7.63. The lowest BCUT2D eigenvalue weighted by molar-refractivity contribution is 0.0601. The topological polar surface area (TPSA) is 39.2 Å². The summed E-state index contributed by atoms with van der Waals surface area (Å²) in [6, 6.07) is 5.28. The fourth-order valence-electron chi connectivity index (χ4n) is 1.42. The van der Waals surface area contributed by atoms with Gasteiger partial charge in [0.1, 0.15) is 0 Å². The summed E-state index contributed by atoms with van der Waals surface area (Å²) in [6.45, 7) is 0. The van der Waals surface area contributed by atoms with Crippen molar-refractivity contribution in [1.82, 2.24) is 4.98 Å². The molecule has 3 nitrogen and oxygen atoms in total. The fourth-order valence-corrected chi connectivity index (χ4v) is 2.40. The van der Waals surface area contributed by atoms with Crippen molar-refractivity contribution in [2.45, 2.75) is 0 Å². The lowest BCUT2D eigenvalue weighted by Crippen LogP contribution is -2.01. The molecule has 0 spiro atoms. The second-order valence-corrected chi connectivity index (χ2v) is 4.85. The van der Waals surface area contributed by atoms with Gasteiger partial charge in [0.25, 0.3) is 0 Å². The number of carbonyl (C=O) groups excluding carboxylic acids is 1.